The van der Waals surface area contributed by atoms with Crippen LogP contribution in [0.1, 0.15) is 11.1 Å². The Morgan fingerprint density at radius 3 is 2.42 bits per heavy atom. The van der Waals surface area contributed by atoms with Crippen molar-refractivity contribution in [3.8, 4) is 11.8 Å². The van der Waals surface area contributed by atoms with Gasteiger partial charge in [0, 0.05) is 26.3 Å². The van der Waals surface area contributed by atoms with Crippen LogP contribution in [0.4, 0.5) is 5.69 Å². The molecular weight excluding hydrogens is 478 g/mol. The average Bonchev–Trinajstić information content (AvgIpc) is 2.72. The van der Waals surface area contributed by atoms with Gasteiger partial charge in [-0.05, 0) is 54.1 Å². The molecule has 3 aromatic carbocycles. The first kappa shape index (κ1) is 23.0. The van der Waals surface area contributed by atoms with E-state index < -0.39 is 5.91 Å². The lowest BCUT2D eigenvalue weighted by Crippen LogP contribution is -2.13. The van der Waals surface area contributed by atoms with Crippen LogP contribution >= 0.6 is 46.4 Å². The maximum atomic E-state index is 12.4. The van der Waals surface area contributed by atoms with Gasteiger partial charge in [-0.3, -0.25) is 4.79 Å². The lowest BCUT2D eigenvalue weighted by Gasteiger charge is -2.10. The first-order valence-electron chi connectivity index (χ1n) is 8.90. The molecule has 0 aliphatic heterocycles. The van der Waals surface area contributed by atoms with Crippen LogP contribution in [0.25, 0.3) is 6.08 Å². The summed E-state index contributed by atoms with van der Waals surface area (Å²) in [5.74, 6) is -0.120. The fraction of sp³-hybridized carbons (Fsp3) is 0.0435. The van der Waals surface area contributed by atoms with Gasteiger partial charge in [-0.15, -0.1) is 0 Å². The highest BCUT2D eigenvalue weighted by Crippen LogP contribution is 2.29. The quantitative estimate of drug-likeness (QED) is 0.288. The molecule has 0 aliphatic rings. The SMILES string of the molecule is N#C/C(=C\c1ccc(OCc2ccc(Cl)cc2Cl)c(Cl)c1)C(=O)Nc1cccc(Cl)c1. The number of carbonyl (C=O) groups excluding carboxylic acids is 1. The molecule has 0 radical (unpaired) electrons. The normalized spacial score (nSPS) is 11.0. The summed E-state index contributed by atoms with van der Waals surface area (Å²) >= 11 is 24.3. The molecule has 0 spiro atoms. The molecule has 0 saturated carbocycles. The molecule has 0 unspecified atom stereocenters. The van der Waals surface area contributed by atoms with E-state index in [-0.39, 0.29) is 12.2 Å². The van der Waals surface area contributed by atoms with E-state index in [2.05, 4.69) is 5.32 Å². The van der Waals surface area contributed by atoms with Crippen LogP contribution in [0.5, 0.6) is 5.75 Å². The van der Waals surface area contributed by atoms with E-state index in [4.69, 9.17) is 51.1 Å². The van der Waals surface area contributed by atoms with E-state index >= 15 is 0 Å². The summed E-state index contributed by atoms with van der Waals surface area (Å²) in [6, 6.07) is 18.6. The zero-order valence-electron chi connectivity index (χ0n) is 15.8. The van der Waals surface area contributed by atoms with Crippen molar-refractivity contribution in [2.24, 2.45) is 0 Å². The molecular formula is C23H14Cl4N2O2. The number of hydrogen-bond donors (Lipinski definition) is 1. The summed E-state index contributed by atoms with van der Waals surface area (Å²) in [6.07, 6.45) is 1.44. The van der Waals surface area contributed by atoms with Crippen molar-refractivity contribution in [1.29, 1.82) is 5.26 Å². The molecule has 0 aromatic heterocycles. The monoisotopic (exact) mass is 490 g/mol. The van der Waals surface area contributed by atoms with Gasteiger partial charge in [-0.1, -0.05) is 64.6 Å². The third-order valence-corrected chi connectivity index (χ3v) is 5.23. The van der Waals surface area contributed by atoms with E-state index in [1.54, 1.807) is 60.7 Å². The summed E-state index contributed by atoms with van der Waals surface area (Å²) in [6.45, 7) is 0.205. The molecule has 0 saturated heterocycles. The molecule has 0 bridgehead atoms. The smallest absolute Gasteiger partial charge is 0.266 e. The van der Waals surface area contributed by atoms with Crippen LogP contribution in [0.15, 0.2) is 66.2 Å². The summed E-state index contributed by atoms with van der Waals surface area (Å²) in [7, 11) is 0. The van der Waals surface area contributed by atoms with Crippen LogP contribution in [-0.4, -0.2) is 5.91 Å². The Balaban J connectivity index is 1.72. The third kappa shape index (κ3) is 6.40. The Hall–Kier alpha value is -2.68. The Bertz CT molecular complexity index is 1200. The first-order chi connectivity index (χ1) is 14.9. The molecule has 3 aromatic rings. The molecule has 4 nitrogen and oxygen atoms in total. The Labute approximate surface area is 199 Å². The largest absolute Gasteiger partial charge is 0.487 e. The highest BCUT2D eigenvalue weighted by Gasteiger charge is 2.11. The molecule has 156 valence electrons. The number of halogens is 4. The number of carbonyl (C=O) groups is 1. The maximum absolute atomic E-state index is 12.4. The Morgan fingerprint density at radius 1 is 0.968 bits per heavy atom. The molecule has 3 rings (SSSR count). The number of amides is 1. The predicted molar refractivity (Wildman–Crippen MR) is 126 cm³/mol. The van der Waals surface area contributed by atoms with Crippen LogP contribution < -0.4 is 10.1 Å². The highest BCUT2D eigenvalue weighted by molar-refractivity contribution is 6.35. The zero-order chi connectivity index (χ0) is 22.4. The molecule has 0 aliphatic carbocycles. The predicted octanol–water partition coefficient (Wildman–Crippen LogP) is 7.42. The lowest BCUT2D eigenvalue weighted by atomic mass is 10.1. The summed E-state index contributed by atoms with van der Waals surface area (Å²) in [5, 5.41) is 13.8. The van der Waals surface area contributed by atoms with E-state index in [9.17, 15) is 10.1 Å². The van der Waals surface area contributed by atoms with E-state index in [1.165, 1.54) is 6.08 Å². The van der Waals surface area contributed by atoms with Gasteiger partial charge in [0.2, 0.25) is 0 Å². The topological polar surface area (TPSA) is 62.1 Å². The summed E-state index contributed by atoms with van der Waals surface area (Å²) in [4.78, 5) is 12.4. The number of benzene rings is 3. The third-order valence-electron chi connectivity index (χ3n) is 4.11. The van der Waals surface area contributed by atoms with Crippen molar-refractivity contribution in [2.75, 3.05) is 5.32 Å². The second-order valence-corrected chi connectivity index (χ2v) is 8.04. The second kappa shape index (κ2) is 10.6. The number of nitrogens with one attached hydrogen (secondary N) is 1. The zero-order valence-corrected chi connectivity index (χ0v) is 18.9. The van der Waals surface area contributed by atoms with Gasteiger partial charge >= 0.3 is 0 Å². The minimum atomic E-state index is -0.557. The van der Waals surface area contributed by atoms with Gasteiger partial charge < -0.3 is 10.1 Å². The van der Waals surface area contributed by atoms with Gasteiger partial charge in [0.05, 0.1) is 5.02 Å². The minimum Gasteiger partial charge on any atom is -0.487 e. The molecule has 0 atom stereocenters. The molecule has 0 heterocycles. The van der Waals surface area contributed by atoms with Crippen molar-refractivity contribution in [3.63, 3.8) is 0 Å². The number of rotatable bonds is 6. The van der Waals surface area contributed by atoms with Gasteiger partial charge in [0.1, 0.15) is 24.0 Å². The van der Waals surface area contributed by atoms with Crippen molar-refractivity contribution in [2.45, 2.75) is 6.61 Å². The molecule has 0 fully saturated rings. The Morgan fingerprint density at radius 2 is 1.74 bits per heavy atom. The summed E-state index contributed by atoms with van der Waals surface area (Å²) < 4.78 is 5.73. The standard InChI is InChI=1S/C23H14Cl4N2O2/c24-17-2-1-3-19(10-17)29-23(30)16(12-28)8-14-4-7-22(21(27)9-14)31-13-15-5-6-18(25)11-20(15)26/h1-11H,13H2,(H,29,30)/b16-8+. The number of nitriles is 1. The van der Waals surface area contributed by atoms with Gasteiger partial charge in [0.15, 0.2) is 0 Å². The van der Waals surface area contributed by atoms with Crippen LogP contribution in [0.3, 0.4) is 0 Å². The second-order valence-electron chi connectivity index (χ2n) is 6.35. The van der Waals surface area contributed by atoms with Crippen molar-refractivity contribution in [1.82, 2.24) is 0 Å². The Kier molecular flexibility index (Phi) is 7.84. The molecule has 31 heavy (non-hydrogen) atoms. The van der Waals surface area contributed by atoms with Gasteiger partial charge in [-0.2, -0.15) is 5.26 Å². The van der Waals surface area contributed by atoms with Crippen molar-refractivity contribution < 1.29 is 9.53 Å². The molecule has 1 amide bonds. The first-order valence-corrected chi connectivity index (χ1v) is 10.4. The van der Waals surface area contributed by atoms with Gasteiger partial charge in [-0.25, -0.2) is 0 Å². The van der Waals surface area contributed by atoms with Crippen molar-refractivity contribution >= 4 is 64.1 Å². The summed E-state index contributed by atoms with van der Waals surface area (Å²) in [5.41, 5.74) is 1.73. The lowest BCUT2D eigenvalue weighted by molar-refractivity contribution is -0.112. The van der Waals surface area contributed by atoms with Crippen LogP contribution in [0.2, 0.25) is 20.1 Å². The number of anilines is 1. The molecule has 1 N–H and O–H groups in total. The fourth-order valence-electron chi connectivity index (χ4n) is 2.60. The van der Waals surface area contributed by atoms with E-state index in [0.29, 0.717) is 37.1 Å². The average molecular weight is 492 g/mol. The highest BCUT2D eigenvalue weighted by atomic mass is 35.5. The number of nitrogens with zero attached hydrogens (tertiary/aromatic N) is 1. The van der Waals surface area contributed by atoms with E-state index in [0.717, 1.165) is 5.56 Å². The van der Waals surface area contributed by atoms with Crippen LogP contribution in [-0.2, 0) is 11.4 Å². The maximum Gasteiger partial charge on any atom is 0.266 e. The fourth-order valence-corrected chi connectivity index (χ4v) is 3.49. The van der Waals surface area contributed by atoms with Crippen molar-refractivity contribution in [3.05, 3.63) is 97.5 Å². The minimum absolute atomic E-state index is 0.0855. The van der Waals surface area contributed by atoms with Crippen LogP contribution in [0, 0.1) is 11.3 Å². The number of ether oxygens (including phenoxy) is 1. The van der Waals surface area contributed by atoms with E-state index in [1.807, 2.05) is 6.07 Å². The van der Waals surface area contributed by atoms with Gasteiger partial charge in [0.25, 0.3) is 5.91 Å². The molecule has 8 heteroatoms. The number of hydrogen-bond acceptors (Lipinski definition) is 3.